The average Bonchev–Trinajstić information content (AvgIpc) is 2.85. The second-order valence-electron chi connectivity index (χ2n) is 4.82. The van der Waals surface area contributed by atoms with Crippen molar-refractivity contribution in [3.63, 3.8) is 0 Å². The molecule has 0 saturated carbocycles. The van der Waals surface area contributed by atoms with E-state index in [1.54, 1.807) is 11.3 Å². The standard InChI is InChI=1S/C12H21N3O2S2/c1-2-11-7-14-12(18-11)8-15-19(16,17)9-10-5-3-4-6-13-10/h7,10,13,15H,2-6,8-9H2,1H3. The molecule has 1 aromatic rings. The van der Waals surface area contributed by atoms with E-state index in [9.17, 15) is 8.42 Å². The molecule has 1 aliphatic rings. The van der Waals surface area contributed by atoms with Crippen LogP contribution in [0.25, 0.3) is 0 Å². The van der Waals surface area contributed by atoms with E-state index >= 15 is 0 Å². The Labute approximate surface area is 118 Å². The lowest BCUT2D eigenvalue weighted by molar-refractivity contribution is 0.422. The molecule has 0 aliphatic carbocycles. The minimum atomic E-state index is -3.22. The third-order valence-corrected chi connectivity index (χ3v) is 5.79. The van der Waals surface area contributed by atoms with E-state index in [0.29, 0.717) is 6.54 Å². The van der Waals surface area contributed by atoms with Gasteiger partial charge in [0.1, 0.15) is 5.01 Å². The Balaban J connectivity index is 1.83. The minimum absolute atomic E-state index is 0.0914. The van der Waals surface area contributed by atoms with Crippen LogP contribution in [0.4, 0.5) is 0 Å². The Bertz CT molecular complexity index is 493. The number of nitrogens with zero attached hydrogens (tertiary/aromatic N) is 1. The van der Waals surface area contributed by atoms with E-state index < -0.39 is 10.0 Å². The zero-order chi connectivity index (χ0) is 13.7. The second kappa shape index (κ2) is 6.78. The topological polar surface area (TPSA) is 71.1 Å². The molecule has 0 aromatic carbocycles. The molecule has 1 saturated heterocycles. The lowest BCUT2D eigenvalue weighted by atomic mass is 10.1. The number of aryl methyl sites for hydroxylation is 1. The van der Waals surface area contributed by atoms with E-state index in [-0.39, 0.29) is 11.8 Å². The summed E-state index contributed by atoms with van der Waals surface area (Å²) in [7, 11) is -3.22. The Kier molecular flexibility index (Phi) is 5.32. The first-order valence-corrected chi connectivity index (χ1v) is 9.20. The number of rotatable bonds is 6. The van der Waals surface area contributed by atoms with Gasteiger partial charge in [0, 0.05) is 17.1 Å². The van der Waals surface area contributed by atoms with Crippen LogP contribution < -0.4 is 10.0 Å². The molecule has 19 heavy (non-hydrogen) atoms. The molecule has 1 aliphatic heterocycles. The second-order valence-corrected chi connectivity index (χ2v) is 7.87. The zero-order valence-electron chi connectivity index (χ0n) is 11.2. The van der Waals surface area contributed by atoms with Gasteiger partial charge >= 0.3 is 0 Å². The van der Waals surface area contributed by atoms with E-state index in [1.807, 2.05) is 6.20 Å². The summed E-state index contributed by atoms with van der Waals surface area (Å²) in [5.74, 6) is 0.166. The maximum absolute atomic E-state index is 12.0. The van der Waals surface area contributed by atoms with Gasteiger partial charge in [-0.25, -0.2) is 18.1 Å². The van der Waals surface area contributed by atoms with E-state index in [1.165, 1.54) is 4.88 Å². The van der Waals surface area contributed by atoms with Crippen molar-refractivity contribution in [3.05, 3.63) is 16.1 Å². The number of nitrogens with one attached hydrogen (secondary N) is 2. The summed E-state index contributed by atoms with van der Waals surface area (Å²) in [6, 6.07) is 0.0914. The molecule has 7 heteroatoms. The number of thiazole rings is 1. The number of sulfonamides is 1. The Hall–Kier alpha value is -0.500. The highest BCUT2D eigenvalue weighted by atomic mass is 32.2. The highest BCUT2D eigenvalue weighted by Crippen LogP contribution is 2.14. The van der Waals surface area contributed by atoms with Crippen LogP contribution in [0.3, 0.4) is 0 Å². The third kappa shape index (κ3) is 4.83. The van der Waals surface area contributed by atoms with Gasteiger partial charge in [-0.2, -0.15) is 0 Å². The molecule has 108 valence electrons. The van der Waals surface area contributed by atoms with Crippen LogP contribution in [-0.4, -0.2) is 31.7 Å². The summed E-state index contributed by atoms with van der Waals surface area (Å²) >= 11 is 1.57. The van der Waals surface area contributed by atoms with Crippen LogP contribution in [0.2, 0.25) is 0 Å². The Morgan fingerprint density at radius 1 is 1.53 bits per heavy atom. The predicted molar refractivity (Wildman–Crippen MR) is 77.8 cm³/mol. The molecule has 1 fully saturated rings. The van der Waals surface area contributed by atoms with Crippen LogP contribution in [0.15, 0.2) is 6.20 Å². The van der Waals surface area contributed by atoms with E-state index in [4.69, 9.17) is 0 Å². The maximum atomic E-state index is 12.0. The van der Waals surface area contributed by atoms with Crippen LogP contribution in [0.1, 0.15) is 36.1 Å². The van der Waals surface area contributed by atoms with Gasteiger partial charge in [0.2, 0.25) is 10.0 Å². The molecule has 0 radical (unpaired) electrons. The fraction of sp³-hybridized carbons (Fsp3) is 0.750. The van der Waals surface area contributed by atoms with Gasteiger partial charge in [-0.1, -0.05) is 13.3 Å². The lowest BCUT2D eigenvalue weighted by Crippen LogP contribution is -2.42. The smallest absolute Gasteiger partial charge is 0.213 e. The molecule has 5 nitrogen and oxygen atoms in total. The van der Waals surface area contributed by atoms with Crippen LogP contribution in [0, 0.1) is 0 Å². The summed E-state index contributed by atoms with van der Waals surface area (Å²) < 4.78 is 26.6. The molecule has 0 amide bonds. The molecule has 1 unspecified atom stereocenters. The third-order valence-electron chi connectivity index (χ3n) is 3.23. The average molecular weight is 303 g/mol. The summed E-state index contributed by atoms with van der Waals surface area (Å²) in [4.78, 5) is 5.40. The molecule has 2 N–H and O–H groups in total. The Morgan fingerprint density at radius 3 is 3.00 bits per heavy atom. The fourth-order valence-electron chi connectivity index (χ4n) is 2.15. The van der Waals surface area contributed by atoms with Gasteiger partial charge in [-0.05, 0) is 25.8 Å². The first-order chi connectivity index (χ1) is 9.09. The van der Waals surface area contributed by atoms with Crippen molar-refractivity contribution in [1.82, 2.24) is 15.0 Å². The summed E-state index contributed by atoms with van der Waals surface area (Å²) in [6.07, 6.45) is 5.95. The Morgan fingerprint density at radius 2 is 2.37 bits per heavy atom. The first kappa shape index (κ1) is 14.9. The van der Waals surface area contributed by atoms with Gasteiger partial charge in [0.25, 0.3) is 0 Å². The van der Waals surface area contributed by atoms with Gasteiger partial charge < -0.3 is 5.32 Å². The van der Waals surface area contributed by atoms with Gasteiger partial charge in [0.15, 0.2) is 0 Å². The normalized spacial score (nSPS) is 20.6. The van der Waals surface area contributed by atoms with Crippen molar-refractivity contribution in [2.75, 3.05) is 12.3 Å². The number of hydrogen-bond acceptors (Lipinski definition) is 5. The van der Waals surface area contributed by atoms with Gasteiger partial charge in [-0.15, -0.1) is 11.3 Å². The molecule has 1 atom stereocenters. The quantitative estimate of drug-likeness (QED) is 0.830. The SMILES string of the molecule is CCc1cnc(CNS(=O)(=O)CC2CCCCN2)s1. The van der Waals surface area contributed by atoms with Gasteiger partial charge in [-0.3, -0.25) is 0 Å². The van der Waals surface area contributed by atoms with Crippen LogP contribution in [0.5, 0.6) is 0 Å². The van der Waals surface area contributed by atoms with Crippen molar-refractivity contribution >= 4 is 21.4 Å². The van der Waals surface area contributed by atoms with Crippen molar-refractivity contribution in [3.8, 4) is 0 Å². The summed E-state index contributed by atoms with van der Waals surface area (Å²) in [6.45, 7) is 3.29. The van der Waals surface area contributed by atoms with Crippen molar-refractivity contribution in [2.45, 2.75) is 45.2 Å². The molecule has 1 aromatic heterocycles. The van der Waals surface area contributed by atoms with Crippen molar-refractivity contribution < 1.29 is 8.42 Å². The van der Waals surface area contributed by atoms with E-state index in [0.717, 1.165) is 37.2 Å². The summed E-state index contributed by atoms with van der Waals surface area (Å²) in [5, 5.41) is 4.09. The highest BCUT2D eigenvalue weighted by molar-refractivity contribution is 7.89. The van der Waals surface area contributed by atoms with Gasteiger partial charge in [0.05, 0.1) is 12.3 Å². The number of aromatic nitrogens is 1. The predicted octanol–water partition coefficient (Wildman–Crippen LogP) is 1.27. The number of piperidine rings is 1. The summed E-state index contributed by atoms with van der Waals surface area (Å²) in [5.41, 5.74) is 0. The van der Waals surface area contributed by atoms with E-state index in [2.05, 4.69) is 21.9 Å². The monoisotopic (exact) mass is 303 g/mol. The highest BCUT2D eigenvalue weighted by Gasteiger charge is 2.20. The lowest BCUT2D eigenvalue weighted by Gasteiger charge is -2.23. The number of hydrogen-bond donors (Lipinski definition) is 2. The zero-order valence-corrected chi connectivity index (χ0v) is 12.8. The molecule has 0 bridgehead atoms. The van der Waals surface area contributed by atoms with Crippen LogP contribution >= 0.6 is 11.3 Å². The maximum Gasteiger partial charge on any atom is 0.213 e. The first-order valence-electron chi connectivity index (χ1n) is 6.73. The minimum Gasteiger partial charge on any atom is -0.313 e. The van der Waals surface area contributed by atoms with Crippen LogP contribution in [-0.2, 0) is 23.0 Å². The molecule has 2 rings (SSSR count). The van der Waals surface area contributed by atoms with Crippen molar-refractivity contribution in [1.29, 1.82) is 0 Å². The molecule has 2 heterocycles. The fourth-order valence-corrected chi connectivity index (χ4v) is 4.34. The molecular weight excluding hydrogens is 282 g/mol. The molecule has 0 spiro atoms. The molecular formula is C12H21N3O2S2. The largest absolute Gasteiger partial charge is 0.313 e. The van der Waals surface area contributed by atoms with Crippen molar-refractivity contribution in [2.24, 2.45) is 0 Å².